The van der Waals surface area contributed by atoms with Crippen molar-refractivity contribution in [2.24, 2.45) is 5.92 Å². The van der Waals surface area contributed by atoms with Crippen molar-refractivity contribution in [2.75, 3.05) is 19.7 Å². The van der Waals surface area contributed by atoms with Crippen molar-refractivity contribution in [2.45, 2.75) is 25.6 Å². The highest BCUT2D eigenvalue weighted by molar-refractivity contribution is 5.94. The number of hydrogen-bond donors (Lipinski definition) is 2. The molecule has 2 aromatic rings. The molecule has 0 atom stereocenters. The van der Waals surface area contributed by atoms with Crippen LogP contribution in [0.3, 0.4) is 0 Å². The number of hydrogen-bond acceptors (Lipinski definition) is 3. The zero-order chi connectivity index (χ0) is 20.0. The molecule has 1 heterocycles. The Balaban J connectivity index is 1.52. The van der Waals surface area contributed by atoms with Crippen LogP contribution >= 0.6 is 0 Å². The Hall–Kier alpha value is -2.54. The Morgan fingerprint density at radius 2 is 1.82 bits per heavy atom. The molecule has 2 aromatic carbocycles. The summed E-state index contributed by atoms with van der Waals surface area (Å²) in [7, 11) is 0. The van der Waals surface area contributed by atoms with Crippen LogP contribution in [0.1, 0.15) is 34.3 Å². The lowest BCUT2D eigenvalue weighted by atomic mass is 9.99. The van der Waals surface area contributed by atoms with Gasteiger partial charge in [-0.25, -0.2) is 0 Å². The van der Waals surface area contributed by atoms with E-state index < -0.39 is 11.7 Å². The van der Waals surface area contributed by atoms with Crippen molar-refractivity contribution >= 4 is 5.91 Å². The van der Waals surface area contributed by atoms with E-state index >= 15 is 0 Å². The normalized spacial score (nSPS) is 15.2. The van der Waals surface area contributed by atoms with E-state index in [1.165, 1.54) is 12.1 Å². The predicted octanol–water partition coefficient (Wildman–Crippen LogP) is 4.01. The van der Waals surface area contributed by atoms with Gasteiger partial charge in [0.1, 0.15) is 5.75 Å². The van der Waals surface area contributed by atoms with Gasteiger partial charge in [0.05, 0.1) is 12.2 Å². The molecule has 0 bridgehead atoms. The van der Waals surface area contributed by atoms with Crippen LogP contribution in [0.4, 0.5) is 13.2 Å². The zero-order valence-corrected chi connectivity index (χ0v) is 15.4. The van der Waals surface area contributed by atoms with Gasteiger partial charge in [-0.05, 0) is 67.7 Å². The number of amides is 1. The minimum absolute atomic E-state index is 0.150. The van der Waals surface area contributed by atoms with E-state index in [-0.39, 0.29) is 12.5 Å². The van der Waals surface area contributed by atoms with Gasteiger partial charge in [-0.15, -0.1) is 0 Å². The monoisotopic (exact) mass is 392 g/mol. The Bertz CT molecular complexity index is 785. The molecule has 1 amide bonds. The van der Waals surface area contributed by atoms with Crippen LogP contribution < -0.4 is 15.4 Å². The molecule has 3 rings (SSSR count). The van der Waals surface area contributed by atoms with Crippen LogP contribution in [0.15, 0.2) is 48.5 Å². The van der Waals surface area contributed by atoms with Crippen molar-refractivity contribution in [1.82, 2.24) is 10.6 Å². The van der Waals surface area contributed by atoms with Crippen molar-refractivity contribution in [3.8, 4) is 5.75 Å². The first kappa shape index (κ1) is 20.2. The summed E-state index contributed by atoms with van der Waals surface area (Å²) >= 11 is 0. The minimum Gasteiger partial charge on any atom is -0.493 e. The van der Waals surface area contributed by atoms with E-state index in [2.05, 4.69) is 10.6 Å². The quantitative estimate of drug-likeness (QED) is 0.781. The van der Waals surface area contributed by atoms with Crippen molar-refractivity contribution < 1.29 is 22.7 Å². The van der Waals surface area contributed by atoms with E-state index in [0.29, 0.717) is 29.4 Å². The Labute approximate surface area is 162 Å². The average Bonchev–Trinajstić information content (AvgIpc) is 2.71. The smallest absolute Gasteiger partial charge is 0.416 e. The van der Waals surface area contributed by atoms with E-state index in [9.17, 15) is 18.0 Å². The summed E-state index contributed by atoms with van der Waals surface area (Å²) < 4.78 is 43.6. The van der Waals surface area contributed by atoms with Gasteiger partial charge in [0.25, 0.3) is 5.91 Å². The van der Waals surface area contributed by atoms with Crippen LogP contribution in [0.25, 0.3) is 0 Å². The molecule has 1 saturated heterocycles. The second-order valence-corrected chi connectivity index (χ2v) is 6.91. The third-order valence-electron chi connectivity index (χ3n) is 4.77. The first-order chi connectivity index (χ1) is 13.4. The molecule has 0 unspecified atom stereocenters. The highest BCUT2D eigenvalue weighted by atomic mass is 19.4. The molecule has 28 heavy (non-hydrogen) atoms. The largest absolute Gasteiger partial charge is 0.493 e. The summed E-state index contributed by atoms with van der Waals surface area (Å²) in [4.78, 5) is 12.3. The van der Waals surface area contributed by atoms with Crippen LogP contribution in [0.5, 0.6) is 5.75 Å². The molecule has 0 saturated carbocycles. The first-order valence-electron chi connectivity index (χ1n) is 9.30. The molecule has 0 aliphatic carbocycles. The molecule has 7 heteroatoms. The fraction of sp³-hybridized carbons (Fsp3) is 0.381. The number of carbonyl (C=O) groups excluding carboxylic acids is 1. The number of nitrogens with one attached hydrogen (secondary N) is 2. The summed E-state index contributed by atoms with van der Waals surface area (Å²) in [5, 5.41) is 6.03. The summed E-state index contributed by atoms with van der Waals surface area (Å²) in [5.41, 5.74) is 0.343. The van der Waals surface area contributed by atoms with Gasteiger partial charge in [0.15, 0.2) is 0 Å². The van der Waals surface area contributed by atoms with Gasteiger partial charge < -0.3 is 15.4 Å². The number of rotatable bonds is 6. The molecule has 150 valence electrons. The summed E-state index contributed by atoms with van der Waals surface area (Å²) in [6.45, 7) is 2.77. The van der Waals surface area contributed by atoms with Crippen LogP contribution in [0.2, 0.25) is 0 Å². The SMILES string of the molecule is O=C(NCc1ccc(C(F)(F)F)cc1)c1cccc(OCC2CCNCC2)c1. The van der Waals surface area contributed by atoms with Crippen molar-refractivity contribution in [3.63, 3.8) is 0 Å². The van der Waals surface area contributed by atoms with Crippen LogP contribution in [0, 0.1) is 5.92 Å². The maximum absolute atomic E-state index is 12.6. The fourth-order valence-corrected chi connectivity index (χ4v) is 3.09. The molecule has 0 spiro atoms. The average molecular weight is 392 g/mol. The Morgan fingerprint density at radius 1 is 1.11 bits per heavy atom. The molecule has 0 radical (unpaired) electrons. The highest BCUT2D eigenvalue weighted by Gasteiger charge is 2.29. The third-order valence-corrected chi connectivity index (χ3v) is 4.77. The van der Waals surface area contributed by atoms with E-state index in [0.717, 1.165) is 38.1 Å². The maximum Gasteiger partial charge on any atom is 0.416 e. The molecular weight excluding hydrogens is 369 g/mol. The molecular formula is C21H23F3N2O2. The number of ether oxygens (including phenoxy) is 1. The zero-order valence-electron chi connectivity index (χ0n) is 15.4. The topological polar surface area (TPSA) is 50.4 Å². The summed E-state index contributed by atoms with van der Waals surface area (Å²) in [5.74, 6) is 0.853. The number of carbonyl (C=O) groups is 1. The van der Waals surface area contributed by atoms with Gasteiger partial charge in [-0.3, -0.25) is 4.79 Å². The summed E-state index contributed by atoms with van der Waals surface area (Å²) in [6.07, 6.45) is -2.21. The summed E-state index contributed by atoms with van der Waals surface area (Å²) in [6, 6.07) is 11.7. The standard InChI is InChI=1S/C21H23F3N2O2/c22-21(23,24)18-6-4-15(5-7-18)13-26-20(27)17-2-1-3-19(12-17)28-14-16-8-10-25-11-9-16/h1-7,12,16,25H,8-11,13-14H2,(H,26,27). The Kier molecular flexibility index (Phi) is 6.57. The van der Waals surface area contributed by atoms with Crippen molar-refractivity contribution in [1.29, 1.82) is 0 Å². The number of piperidine rings is 1. The lowest BCUT2D eigenvalue weighted by molar-refractivity contribution is -0.137. The highest BCUT2D eigenvalue weighted by Crippen LogP contribution is 2.29. The molecule has 1 aliphatic rings. The van der Waals surface area contributed by atoms with Crippen LogP contribution in [-0.4, -0.2) is 25.6 Å². The fourth-order valence-electron chi connectivity index (χ4n) is 3.09. The van der Waals surface area contributed by atoms with Gasteiger partial charge >= 0.3 is 6.18 Å². The molecule has 2 N–H and O–H groups in total. The maximum atomic E-state index is 12.6. The third kappa shape index (κ3) is 5.73. The number of halogens is 3. The lowest BCUT2D eigenvalue weighted by Gasteiger charge is -2.22. The van der Waals surface area contributed by atoms with E-state index in [1.807, 2.05) is 6.07 Å². The lowest BCUT2D eigenvalue weighted by Crippen LogP contribution is -2.30. The van der Waals surface area contributed by atoms with Crippen molar-refractivity contribution in [3.05, 3.63) is 65.2 Å². The molecule has 1 fully saturated rings. The number of benzene rings is 2. The second kappa shape index (κ2) is 9.10. The second-order valence-electron chi connectivity index (χ2n) is 6.91. The number of alkyl halides is 3. The van der Waals surface area contributed by atoms with E-state index in [4.69, 9.17) is 4.74 Å². The van der Waals surface area contributed by atoms with Gasteiger partial charge in [-0.1, -0.05) is 18.2 Å². The van der Waals surface area contributed by atoms with Gasteiger partial charge in [0.2, 0.25) is 0 Å². The first-order valence-corrected chi connectivity index (χ1v) is 9.30. The van der Waals surface area contributed by atoms with E-state index in [1.54, 1.807) is 18.2 Å². The van der Waals surface area contributed by atoms with Gasteiger partial charge in [0, 0.05) is 12.1 Å². The molecule has 4 nitrogen and oxygen atoms in total. The minimum atomic E-state index is -4.36. The predicted molar refractivity (Wildman–Crippen MR) is 100 cm³/mol. The van der Waals surface area contributed by atoms with Gasteiger partial charge in [-0.2, -0.15) is 13.2 Å². The molecule has 0 aromatic heterocycles. The molecule has 1 aliphatic heterocycles. The van der Waals surface area contributed by atoms with Crippen LogP contribution in [-0.2, 0) is 12.7 Å². The Morgan fingerprint density at radius 3 is 2.50 bits per heavy atom.